The lowest BCUT2D eigenvalue weighted by Crippen LogP contribution is -2.82. The third-order valence-electron chi connectivity index (χ3n) is 13.5. The highest BCUT2D eigenvalue weighted by Crippen LogP contribution is 2.39. The summed E-state index contributed by atoms with van der Waals surface area (Å²) in [5.41, 5.74) is 4.12. The molecule has 2 aliphatic carbocycles. The van der Waals surface area contributed by atoms with E-state index in [0.717, 1.165) is 75.6 Å². The Bertz CT molecular complexity index is 2140. The Labute approximate surface area is 372 Å². The highest BCUT2D eigenvalue weighted by Gasteiger charge is 2.61. The highest BCUT2D eigenvalue weighted by atomic mass is 28.3. The number of halogens is 4. The average molecular weight is 913 g/mol. The zero-order chi connectivity index (χ0) is 46.7. The molecule has 6 amide bonds. The maximum Gasteiger partial charge on any atom is 0.314 e. The van der Waals surface area contributed by atoms with E-state index in [4.69, 9.17) is 5.73 Å². The topological polar surface area (TPSA) is 169 Å². The fourth-order valence-electron chi connectivity index (χ4n) is 9.55. The molecular formula is C45H60F4N8O6Si. The first-order valence-corrected chi connectivity index (χ1v) is 25.6. The van der Waals surface area contributed by atoms with E-state index in [9.17, 15) is 46.3 Å². The van der Waals surface area contributed by atoms with Gasteiger partial charge in [0.1, 0.15) is 18.6 Å². The van der Waals surface area contributed by atoms with Crippen molar-refractivity contribution in [3.63, 3.8) is 0 Å². The summed E-state index contributed by atoms with van der Waals surface area (Å²) in [5, 5.41) is 3.11. The molecule has 6 fully saturated rings. The average Bonchev–Trinajstić information content (AvgIpc) is 3.20. The number of piperazine rings is 2. The minimum absolute atomic E-state index is 0.00238. The summed E-state index contributed by atoms with van der Waals surface area (Å²) in [6.45, 7) is 11.3. The van der Waals surface area contributed by atoms with Crippen LogP contribution in [0, 0.1) is 35.1 Å². The summed E-state index contributed by atoms with van der Waals surface area (Å²) in [7, 11) is -1.46. The smallest absolute Gasteiger partial charge is 0.314 e. The van der Waals surface area contributed by atoms with Gasteiger partial charge >= 0.3 is 6.03 Å². The fourth-order valence-corrected chi connectivity index (χ4v) is 9.83. The van der Waals surface area contributed by atoms with Gasteiger partial charge in [-0.25, -0.2) is 31.8 Å². The first-order valence-electron chi connectivity index (χ1n) is 22.1. The molecule has 14 nitrogen and oxygen atoms in total. The number of carbonyl (C=O) groups is 5. The number of hydrogen-bond acceptors (Lipinski definition) is 8. The first-order chi connectivity index (χ1) is 30.2. The van der Waals surface area contributed by atoms with Crippen LogP contribution in [-0.4, -0.2) is 131 Å². The number of likely N-dealkylation sites (tertiary alicyclic amines) is 1. The highest BCUT2D eigenvalue weighted by molar-refractivity contribution is 6.74. The van der Waals surface area contributed by atoms with Gasteiger partial charge in [-0.15, -0.1) is 0 Å². The number of nitrogens with two attached hydrogens (primary N) is 1. The lowest BCUT2D eigenvalue weighted by molar-refractivity contribution is -0.179. The Morgan fingerprint density at radius 1 is 0.703 bits per heavy atom. The SMILES string of the molecule is CC1CCC(N2CC(=O)N(Cc3ccc(F)c(F)c3)C3(CN(C(N)=O)C3)C2=O)CC1.CC1CCC(N2CC(=O)N(Cc3ccc(F)c(F)c3)C3(CNC3)C2=O)CC1.C[Si](C)(C)N=C=O. The quantitative estimate of drug-likeness (QED) is 0.170. The number of primary amides is 1. The Balaban J connectivity index is 0.000000186. The molecular weight excluding hydrogens is 853 g/mol. The molecule has 6 aliphatic rings. The van der Waals surface area contributed by atoms with Gasteiger partial charge in [0.15, 0.2) is 37.0 Å². The normalized spacial score (nSPS) is 25.1. The zero-order valence-corrected chi connectivity index (χ0v) is 38.3. The Kier molecular flexibility index (Phi) is 14.8. The van der Waals surface area contributed by atoms with Gasteiger partial charge in [-0.1, -0.05) is 26.0 Å². The van der Waals surface area contributed by atoms with Gasteiger partial charge in [0, 0.05) is 38.3 Å². The van der Waals surface area contributed by atoms with Crippen LogP contribution in [0.5, 0.6) is 0 Å². The van der Waals surface area contributed by atoms with Crippen molar-refractivity contribution in [3.05, 3.63) is 70.8 Å². The molecule has 64 heavy (non-hydrogen) atoms. The van der Waals surface area contributed by atoms with Crippen LogP contribution >= 0.6 is 0 Å². The lowest BCUT2D eigenvalue weighted by atomic mass is 9.80. The van der Waals surface area contributed by atoms with Crippen molar-refractivity contribution >= 4 is 44.0 Å². The monoisotopic (exact) mass is 912 g/mol. The van der Waals surface area contributed by atoms with E-state index in [0.29, 0.717) is 36.1 Å². The molecule has 2 saturated carbocycles. The minimum Gasteiger partial charge on any atom is -0.351 e. The van der Waals surface area contributed by atoms with E-state index in [-0.39, 0.29) is 75.0 Å². The molecule has 2 aromatic carbocycles. The Morgan fingerprint density at radius 3 is 1.44 bits per heavy atom. The molecule has 19 heteroatoms. The van der Waals surface area contributed by atoms with E-state index in [1.807, 2.05) is 19.6 Å². The number of nitrogens with zero attached hydrogens (tertiary/aromatic N) is 6. The standard InChI is InChI=1S/C21H26F2N4O3.C20H25F2N3O2.C4H9NOSi/c1-13-2-5-15(6-3-13)26-10-18(28)27(9-14-4-7-16(22)17(23)8-14)21(19(26)29)11-25(12-21)20(24)30;1-13-2-5-15(6-3-13)24-10-18(26)25(20(19(24)27)11-23-12-20)9-14-4-7-16(21)17(22)8-14;1-7(2,3)5-4-6/h4,7-8,13,15H,2-3,5-6,9-12H2,1H3,(H2,24,30);4,7-8,13,15,23H,2-3,5-6,9-12H2,1H3;1-3H3. The van der Waals surface area contributed by atoms with Crippen LogP contribution in [0.2, 0.25) is 19.6 Å². The maximum atomic E-state index is 13.7. The molecule has 4 aliphatic heterocycles. The van der Waals surface area contributed by atoms with Gasteiger partial charge in [-0.3, -0.25) is 19.2 Å². The molecule has 0 atom stereocenters. The molecule has 0 radical (unpaired) electrons. The van der Waals surface area contributed by atoms with E-state index >= 15 is 0 Å². The maximum absolute atomic E-state index is 13.7. The number of urea groups is 1. The van der Waals surface area contributed by atoms with Gasteiger partial charge in [0.25, 0.3) is 11.8 Å². The van der Waals surface area contributed by atoms with Crippen LogP contribution in [0.4, 0.5) is 22.4 Å². The van der Waals surface area contributed by atoms with Crippen molar-refractivity contribution in [2.24, 2.45) is 22.2 Å². The summed E-state index contributed by atoms with van der Waals surface area (Å²) in [4.78, 5) is 81.9. The molecule has 0 bridgehead atoms. The molecule has 0 aromatic heterocycles. The van der Waals surface area contributed by atoms with Crippen LogP contribution in [0.25, 0.3) is 0 Å². The van der Waals surface area contributed by atoms with Crippen molar-refractivity contribution in [2.75, 3.05) is 39.3 Å². The first kappa shape index (κ1) is 48.3. The van der Waals surface area contributed by atoms with E-state index < -0.39 is 48.6 Å². The predicted molar refractivity (Wildman–Crippen MR) is 231 cm³/mol. The Hall–Kier alpha value is -5.13. The van der Waals surface area contributed by atoms with Crippen molar-refractivity contribution in [1.82, 2.24) is 29.8 Å². The van der Waals surface area contributed by atoms with Gasteiger partial charge in [0.05, 0.1) is 13.1 Å². The molecule has 3 N–H and O–H groups in total. The second-order valence-corrected chi connectivity index (χ2v) is 24.0. The molecule has 2 aromatic rings. The molecule has 4 heterocycles. The second-order valence-electron chi connectivity index (χ2n) is 19.4. The summed E-state index contributed by atoms with van der Waals surface area (Å²) in [6.07, 6.45) is 9.27. The summed E-state index contributed by atoms with van der Waals surface area (Å²) in [5.74, 6) is -3.17. The lowest BCUT2D eigenvalue weighted by Gasteiger charge is -2.58. The third kappa shape index (κ3) is 10.4. The van der Waals surface area contributed by atoms with E-state index in [1.165, 1.54) is 21.9 Å². The Morgan fingerprint density at radius 2 is 1.11 bits per heavy atom. The number of nitrogens with one attached hydrogen (secondary N) is 1. The number of carbonyl (C=O) groups excluding carboxylic acids is 6. The third-order valence-corrected chi connectivity index (χ3v) is 14.3. The van der Waals surface area contributed by atoms with Crippen molar-refractivity contribution < 1.29 is 46.3 Å². The summed E-state index contributed by atoms with van der Waals surface area (Å²) >= 11 is 0. The predicted octanol–water partition coefficient (Wildman–Crippen LogP) is 5.06. The van der Waals surface area contributed by atoms with Gasteiger partial charge in [-0.2, -0.15) is 0 Å². The summed E-state index contributed by atoms with van der Waals surface area (Å²) < 4.78 is 57.3. The van der Waals surface area contributed by atoms with Gasteiger partial charge < -0.3 is 35.6 Å². The number of isocyanates is 1. The molecule has 8 rings (SSSR count). The molecule has 0 unspecified atom stereocenters. The van der Waals surface area contributed by atoms with Crippen LogP contribution in [0.15, 0.2) is 41.1 Å². The number of rotatable bonds is 7. The molecule has 2 spiro atoms. The van der Waals surface area contributed by atoms with E-state index in [2.05, 4.69) is 23.8 Å². The van der Waals surface area contributed by atoms with Crippen molar-refractivity contribution in [3.8, 4) is 0 Å². The van der Waals surface area contributed by atoms with Gasteiger partial charge in [0.2, 0.25) is 17.9 Å². The van der Waals surface area contributed by atoms with Crippen LogP contribution in [0.1, 0.15) is 76.3 Å². The van der Waals surface area contributed by atoms with E-state index in [1.54, 1.807) is 20.8 Å². The fraction of sp³-hybridized carbons (Fsp3) is 0.600. The summed E-state index contributed by atoms with van der Waals surface area (Å²) in [6, 6.07) is 6.51. The second kappa shape index (κ2) is 19.5. The number of hydrogen-bond donors (Lipinski definition) is 2. The molecule has 4 saturated heterocycles. The largest absolute Gasteiger partial charge is 0.351 e. The minimum atomic E-state index is -1.46. The van der Waals surface area contributed by atoms with Crippen LogP contribution in [0.3, 0.4) is 0 Å². The van der Waals surface area contributed by atoms with Crippen LogP contribution < -0.4 is 11.1 Å². The number of amides is 6. The zero-order valence-electron chi connectivity index (χ0n) is 37.3. The van der Waals surface area contributed by atoms with Crippen LogP contribution in [-0.2, 0) is 37.1 Å². The van der Waals surface area contributed by atoms with Crippen molar-refractivity contribution in [2.45, 2.75) is 121 Å². The number of benzene rings is 2. The molecule has 348 valence electrons. The van der Waals surface area contributed by atoms with Gasteiger partial charge in [-0.05, 0) is 118 Å². The van der Waals surface area contributed by atoms with Crippen molar-refractivity contribution in [1.29, 1.82) is 0 Å².